The molecular formula is C18H19N3O2. The van der Waals surface area contributed by atoms with Crippen LogP contribution in [0.2, 0.25) is 0 Å². The summed E-state index contributed by atoms with van der Waals surface area (Å²) >= 11 is 0. The molecule has 1 aromatic carbocycles. The van der Waals surface area contributed by atoms with Gasteiger partial charge in [-0.1, -0.05) is 32.0 Å². The normalized spacial score (nSPS) is 10.3. The Labute approximate surface area is 135 Å². The van der Waals surface area contributed by atoms with E-state index in [4.69, 9.17) is 5.26 Å². The van der Waals surface area contributed by atoms with E-state index in [9.17, 15) is 9.59 Å². The molecule has 0 aliphatic carbocycles. The predicted octanol–water partition coefficient (Wildman–Crippen LogP) is 3.49. The maximum atomic E-state index is 12.5. The lowest BCUT2D eigenvalue weighted by atomic mass is 10.1. The van der Waals surface area contributed by atoms with E-state index < -0.39 is 0 Å². The third-order valence-electron chi connectivity index (χ3n) is 3.31. The van der Waals surface area contributed by atoms with Crippen LogP contribution in [0.25, 0.3) is 0 Å². The summed E-state index contributed by atoms with van der Waals surface area (Å²) in [4.78, 5) is 24.7. The number of nitrogens with zero attached hydrogens (tertiary/aromatic N) is 2. The highest BCUT2D eigenvalue weighted by Gasteiger charge is 2.22. The van der Waals surface area contributed by atoms with Crippen LogP contribution < -0.4 is 5.32 Å². The summed E-state index contributed by atoms with van der Waals surface area (Å²) in [5.74, 6) is -0.363. The van der Waals surface area contributed by atoms with Crippen molar-refractivity contribution in [1.29, 1.82) is 5.26 Å². The monoisotopic (exact) mass is 309 g/mol. The van der Waals surface area contributed by atoms with Crippen LogP contribution in [0, 0.1) is 17.2 Å². The van der Waals surface area contributed by atoms with E-state index in [0.717, 1.165) is 0 Å². The minimum absolute atomic E-state index is 0.242. The van der Waals surface area contributed by atoms with Crippen molar-refractivity contribution in [3.63, 3.8) is 0 Å². The fourth-order valence-corrected chi connectivity index (χ4v) is 2.39. The van der Waals surface area contributed by atoms with Crippen LogP contribution in [-0.4, -0.2) is 16.3 Å². The van der Waals surface area contributed by atoms with Crippen LogP contribution in [0.3, 0.4) is 0 Å². The Hall–Kier alpha value is -2.87. The summed E-state index contributed by atoms with van der Waals surface area (Å²) in [6, 6.07) is 12.5. The Balaban J connectivity index is 2.33. The Morgan fingerprint density at radius 3 is 2.52 bits per heavy atom. The minimum Gasteiger partial charge on any atom is -0.344 e. The molecule has 1 N–H and O–H groups in total. The van der Waals surface area contributed by atoms with Gasteiger partial charge in [0.05, 0.1) is 17.3 Å². The summed E-state index contributed by atoms with van der Waals surface area (Å²) in [6.45, 7) is 4.68. The van der Waals surface area contributed by atoms with Crippen molar-refractivity contribution >= 4 is 17.4 Å². The van der Waals surface area contributed by atoms with Gasteiger partial charge in [-0.05, 0) is 24.1 Å². The molecule has 0 saturated carbocycles. The van der Waals surface area contributed by atoms with Crippen molar-refractivity contribution in [3.05, 3.63) is 53.9 Å². The number of benzene rings is 1. The number of carbonyl (C=O) groups excluding carboxylic acids is 2. The maximum absolute atomic E-state index is 12.5. The van der Waals surface area contributed by atoms with Crippen LogP contribution in [0.5, 0.6) is 0 Å². The number of aromatic nitrogens is 1. The van der Waals surface area contributed by atoms with Gasteiger partial charge in [-0.15, -0.1) is 0 Å². The second kappa shape index (κ2) is 7.41. The van der Waals surface area contributed by atoms with Crippen LogP contribution in [0.1, 0.15) is 41.1 Å². The first-order chi connectivity index (χ1) is 11.0. The Bertz CT molecular complexity index is 739. The molecule has 118 valence electrons. The maximum Gasteiger partial charge on any atom is 0.257 e. The average molecular weight is 309 g/mol. The molecule has 5 heteroatoms. The summed E-state index contributed by atoms with van der Waals surface area (Å²) in [5, 5.41) is 11.6. The van der Waals surface area contributed by atoms with E-state index in [1.807, 2.05) is 38.1 Å². The van der Waals surface area contributed by atoms with Gasteiger partial charge < -0.3 is 9.88 Å². The van der Waals surface area contributed by atoms with E-state index in [2.05, 4.69) is 5.32 Å². The van der Waals surface area contributed by atoms with Gasteiger partial charge in [-0.3, -0.25) is 9.59 Å². The first kappa shape index (κ1) is 16.5. The molecule has 1 aromatic heterocycles. The molecule has 0 unspecified atom stereocenters. The van der Waals surface area contributed by atoms with Crippen molar-refractivity contribution in [2.45, 2.75) is 26.8 Å². The molecule has 0 spiro atoms. The largest absolute Gasteiger partial charge is 0.344 e. The number of carbonyl (C=O) groups is 2. The summed E-state index contributed by atoms with van der Waals surface area (Å²) in [7, 11) is 0. The molecule has 23 heavy (non-hydrogen) atoms. The van der Waals surface area contributed by atoms with Crippen molar-refractivity contribution < 1.29 is 9.59 Å². The topological polar surface area (TPSA) is 74.9 Å². The first-order valence-electron chi connectivity index (χ1n) is 7.48. The third kappa shape index (κ3) is 4.07. The molecule has 2 aromatic rings. The highest BCUT2D eigenvalue weighted by atomic mass is 16.2. The Morgan fingerprint density at radius 2 is 1.91 bits per heavy atom. The summed E-state index contributed by atoms with van der Waals surface area (Å²) < 4.78 is 1.75. The number of amides is 1. The fraction of sp³-hybridized carbons (Fsp3) is 0.278. The van der Waals surface area contributed by atoms with Gasteiger partial charge in [0, 0.05) is 18.4 Å². The number of hydrogen-bond donors (Lipinski definition) is 1. The zero-order chi connectivity index (χ0) is 16.8. The van der Waals surface area contributed by atoms with Gasteiger partial charge in [0.2, 0.25) is 0 Å². The lowest BCUT2D eigenvalue weighted by Gasteiger charge is -2.12. The van der Waals surface area contributed by atoms with Gasteiger partial charge in [0.1, 0.15) is 6.42 Å². The van der Waals surface area contributed by atoms with Gasteiger partial charge in [0.15, 0.2) is 5.78 Å². The van der Waals surface area contributed by atoms with E-state index in [0.29, 0.717) is 29.4 Å². The third-order valence-corrected chi connectivity index (χ3v) is 3.31. The Kier molecular flexibility index (Phi) is 5.32. The molecule has 0 bridgehead atoms. The van der Waals surface area contributed by atoms with Crippen LogP contribution >= 0.6 is 0 Å². The average Bonchev–Trinajstić information content (AvgIpc) is 2.91. The molecule has 0 aliphatic rings. The highest BCUT2D eigenvalue weighted by Crippen LogP contribution is 2.18. The quantitative estimate of drug-likeness (QED) is 0.830. The summed E-state index contributed by atoms with van der Waals surface area (Å²) in [5.41, 5.74) is 1.26. The second-order valence-electron chi connectivity index (χ2n) is 5.70. The van der Waals surface area contributed by atoms with E-state index in [1.165, 1.54) is 0 Å². The van der Waals surface area contributed by atoms with Gasteiger partial charge in [0.25, 0.3) is 5.91 Å². The van der Waals surface area contributed by atoms with Crippen molar-refractivity contribution in [3.8, 4) is 6.07 Å². The Morgan fingerprint density at radius 1 is 1.22 bits per heavy atom. The number of hydrogen-bond acceptors (Lipinski definition) is 3. The van der Waals surface area contributed by atoms with Crippen molar-refractivity contribution in [2.75, 3.05) is 5.32 Å². The summed E-state index contributed by atoms with van der Waals surface area (Å²) in [6.07, 6.45) is 1.48. The van der Waals surface area contributed by atoms with E-state index in [1.54, 1.807) is 29.0 Å². The highest BCUT2D eigenvalue weighted by molar-refractivity contribution is 6.12. The molecule has 0 radical (unpaired) electrons. The number of Topliss-reactive ketones (excluding diaryl/α,β-unsaturated/α-hetero) is 1. The molecule has 5 nitrogen and oxygen atoms in total. The number of para-hydroxylation sites is 1. The molecular weight excluding hydrogens is 290 g/mol. The predicted molar refractivity (Wildman–Crippen MR) is 88.2 cm³/mol. The number of nitrogens with one attached hydrogen (secondary N) is 1. The number of nitriles is 1. The molecule has 1 heterocycles. The van der Waals surface area contributed by atoms with Crippen LogP contribution in [0.15, 0.2) is 42.6 Å². The molecule has 0 atom stereocenters. The van der Waals surface area contributed by atoms with Gasteiger partial charge >= 0.3 is 0 Å². The fourth-order valence-electron chi connectivity index (χ4n) is 2.39. The second-order valence-corrected chi connectivity index (χ2v) is 5.70. The zero-order valence-electron chi connectivity index (χ0n) is 13.2. The standard InChI is InChI=1S/C18H19N3O2/c1-13(2)12-21-11-9-15(17(21)16(22)8-10-19)18(23)20-14-6-4-3-5-7-14/h3-7,9,11,13H,8,12H2,1-2H3,(H,20,23). The van der Waals surface area contributed by atoms with E-state index in [-0.39, 0.29) is 18.1 Å². The number of ketones is 1. The van der Waals surface area contributed by atoms with E-state index >= 15 is 0 Å². The lowest BCUT2D eigenvalue weighted by Crippen LogP contribution is -2.19. The lowest BCUT2D eigenvalue weighted by molar-refractivity contribution is 0.0967. The smallest absolute Gasteiger partial charge is 0.257 e. The SMILES string of the molecule is CC(C)Cn1ccc(C(=O)Nc2ccccc2)c1C(=O)CC#N. The van der Waals surface area contributed by atoms with Crippen LogP contribution in [0.4, 0.5) is 5.69 Å². The molecule has 0 aliphatic heterocycles. The van der Waals surface area contributed by atoms with Gasteiger partial charge in [-0.25, -0.2) is 0 Å². The molecule has 1 amide bonds. The first-order valence-corrected chi connectivity index (χ1v) is 7.48. The molecule has 0 saturated heterocycles. The van der Waals surface area contributed by atoms with Crippen LogP contribution in [-0.2, 0) is 6.54 Å². The minimum atomic E-state index is -0.347. The van der Waals surface area contributed by atoms with Gasteiger partial charge in [-0.2, -0.15) is 5.26 Å². The molecule has 0 fully saturated rings. The van der Waals surface area contributed by atoms with Crippen molar-refractivity contribution in [2.24, 2.45) is 5.92 Å². The number of anilines is 1. The zero-order valence-corrected chi connectivity index (χ0v) is 13.2. The number of rotatable bonds is 6. The van der Waals surface area contributed by atoms with Crippen molar-refractivity contribution in [1.82, 2.24) is 4.57 Å². The molecule has 2 rings (SSSR count).